The largest absolute Gasteiger partial charge is 0.493 e. The van der Waals surface area contributed by atoms with E-state index in [-0.39, 0.29) is 0 Å². The Morgan fingerprint density at radius 2 is 1.56 bits per heavy atom. The Labute approximate surface area is 240 Å². The third-order valence-electron chi connectivity index (χ3n) is 6.54. The van der Waals surface area contributed by atoms with Crippen LogP contribution in [-0.4, -0.2) is 75.3 Å². The molecule has 1 aliphatic rings. The Balaban J connectivity index is 1.26. The fourth-order valence-corrected chi connectivity index (χ4v) is 4.68. The summed E-state index contributed by atoms with van der Waals surface area (Å²) in [4.78, 5) is 34.1. The molecular formula is C27H27ClN10O3. The number of aromatic amines is 1. The molecule has 14 heteroatoms. The number of anilines is 3. The number of ether oxygens (including phenoxy) is 3. The molecule has 41 heavy (non-hydrogen) atoms. The predicted molar refractivity (Wildman–Crippen MR) is 154 cm³/mol. The van der Waals surface area contributed by atoms with Crippen molar-refractivity contribution >= 4 is 40.3 Å². The van der Waals surface area contributed by atoms with Crippen molar-refractivity contribution in [1.29, 1.82) is 0 Å². The summed E-state index contributed by atoms with van der Waals surface area (Å²) in [7, 11) is 3.10. The van der Waals surface area contributed by atoms with Crippen molar-refractivity contribution in [2.45, 2.75) is 6.54 Å². The number of hydrogen-bond acceptors (Lipinski definition) is 12. The Morgan fingerprint density at radius 3 is 2.29 bits per heavy atom. The molecule has 0 aliphatic carbocycles. The summed E-state index contributed by atoms with van der Waals surface area (Å²) in [5.41, 5.74) is 1.87. The molecule has 0 amide bonds. The van der Waals surface area contributed by atoms with Gasteiger partial charge in [-0.15, -0.1) is 0 Å². The molecule has 0 unspecified atom stereocenters. The third-order valence-corrected chi connectivity index (χ3v) is 6.84. The molecule has 2 aromatic carbocycles. The van der Waals surface area contributed by atoms with E-state index < -0.39 is 0 Å². The SMILES string of the molecule is COc1cc(Cl)c(Oc2cc(NCc3nc4ccccc4[nH]3)nc(N3CCN(c4ncncn4)CC3)n2)cc1OC. The van der Waals surface area contributed by atoms with Crippen LogP contribution in [0, 0.1) is 0 Å². The number of hydrogen-bond donors (Lipinski definition) is 2. The summed E-state index contributed by atoms with van der Waals surface area (Å²) in [5.74, 6) is 4.18. The van der Waals surface area contributed by atoms with Gasteiger partial charge in [-0.05, 0) is 12.1 Å². The van der Waals surface area contributed by atoms with Gasteiger partial charge in [0.2, 0.25) is 17.8 Å². The van der Waals surface area contributed by atoms with Crippen molar-refractivity contribution in [3.63, 3.8) is 0 Å². The maximum Gasteiger partial charge on any atom is 0.230 e. The smallest absolute Gasteiger partial charge is 0.230 e. The second-order valence-corrected chi connectivity index (χ2v) is 9.50. The zero-order valence-corrected chi connectivity index (χ0v) is 23.2. The molecule has 0 spiro atoms. The van der Waals surface area contributed by atoms with Gasteiger partial charge in [0.15, 0.2) is 17.2 Å². The van der Waals surface area contributed by atoms with Crippen molar-refractivity contribution in [3.05, 3.63) is 66.0 Å². The number of imidazole rings is 1. The second-order valence-electron chi connectivity index (χ2n) is 9.10. The van der Waals surface area contributed by atoms with Crippen LogP contribution in [-0.2, 0) is 6.54 Å². The first kappa shape index (κ1) is 26.3. The second kappa shape index (κ2) is 11.7. The van der Waals surface area contributed by atoms with E-state index in [1.807, 2.05) is 24.3 Å². The first-order valence-corrected chi connectivity index (χ1v) is 13.3. The van der Waals surface area contributed by atoms with E-state index in [0.29, 0.717) is 78.6 Å². The number of H-pyrrole nitrogens is 1. The van der Waals surface area contributed by atoms with E-state index in [1.165, 1.54) is 12.7 Å². The molecular weight excluding hydrogens is 548 g/mol. The minimum atomic E-state index is 0.316. The van der Waals surface area contributed by atoms with Crippen LogP contribution in [0.3, 0.4) is 0 Å². The highest BCUT2D eigenvalue weighted by atomic mass is 35.5. The summed E-state index contributed by atoms with van der Waals surface area (Å²) in [6, 6.07) is 12.9. The van der Waals surface area contributed by atoms with E-state index in [1.54, 1.807) is 32.4 Å². The van der Waals surface area contributed by atoms with Crippen LogP contribution in [0.1, 0.15) is 5.82 Å². The van der Waals surface area contributed by atoms with Gasteiger partial charge in [-0.1, -0.05) is 23.7 Å². The molecule has 6 rings (SSSR count). The summed E-state index contributed by atoms with van der Waals surface area (Å²) in [5, 5.41) is 3.70. The van der Waals surface area contributed by atoms with Gasteiger partial charge in [-0.25, -0.2) is 19.9 Å². The highest BCUT2D eigenvalue weighted by Gasteiger charge is 2.23. The molecule has 3 aromatic heterocycles. The molecule has 1 aliphatic heterocycles. The average molecular weight is 575 g/mol. The topological polar surface area (TPSA) is 139 Å². The van der Waals surface area contributed by atoms with Gasteiger partial charge in [0.1, 0.15) is 24.3 Å². The minimum absolute atomic E-state index is 0.316. The van der Waals surface area contributed by atoms with Crippen LogP contribution >= 0.6 is 11.6 Å². The van der Waals surface area contributed by atoms with Crippen LogP contribution in [0.25, 0.3) is 11.0 Å². The highest BCUT2D eigenvalue weighted by Crippen LogP contribution is 2.39. The molecule has 1 fully saturated rings. The van der Waals surface area contributed by atoms with Gasteiger partial charge in [0, 0.05) is 44.4 Å². The monoisotopic (exact) mass is 574 g/mol. The van der Waals surface area contributed by atoms with Crippen molar-refractivity contribution in [3.8, 4) is 23.1 Å². The standard InChI is InChI=1S/C27H27ClN10O3/c1-39-21-11-17(28)20(12-22(21)40-2)41-25-13-23(30-14-24-33-18-5-3-4-6-19(18)34-24)35-27(36-25)38-9-7-37(8-10-38)26-31-15-29-16-32-26/h3-6,11-13,15-16H,7-10,14H2,1-2H3,(H,33,34)(H,30,35,36). The number of methoxy groups -OCH3 is 2. The van der Waals surface area contributed by atoms with Gasteiger partial charge >= 0.3 is 0 Å². The van der Waals surface area contributed by atoms with Crippen LogP contribution in [0.4, 0.5) is 17.7 Å². The highest BCUT2D eigenvalue weighted by molar-refractivity contribution is 6.32. The summed E-state index contributed by atoms with van der Waals surface area (Å²) in [6.45, 7) is 3.14. The van der Waals surface area contributed by atoms with Crippen LogP contribution in [0.5, 0.6) is 23.1 Å². The third kappa shape index (κ3) is 5.84. The maximum absolute atomic E-state index is 6.51. The van der Waals surface area contributed by atoms with E-state index in [9.17, 15) is 0 Å². The Bertz CT molecular complexity index is 1610. The number of halogens is 1. The Kier molecular flexibility index (Phi) is 7.50. The number of fused-ring (bicyclic) bond motifs is 1. The number of para-hydroxylation sites is 2. The van der Waals surface area contributed by atoms with Gasteiger partial charge in [-0.2, -0.15) is 9.97 Å². The zero-order chi connectivity index (χ0) is 28.2. The van der Waals surface area contributed by atoms with E-state index >= 15 is 0 Å². The lowest BCUT2D eigenvalue weighted by Crippen LogP contribution is -2.47. The van der Waals surface area contributed by atoms with Crippen molar-refractivity contribution in [2.24, 2.45) is 0 Å². The lowest BCUT2D eigenvalue weighted by Gasteiger charge is -2.34. The van der Waals surface area contributed by atoms with Gasteiger partial charge in [0.25, 0.3) is 0 Å². The lowest BCUT2D eigenvalue weighted by atomic mass is 10.3. The quantitative estimate of drug-likeness (QED) is 0.263. The van der Waals surface area contributed by atoms with Crippen molar-refractivity contribution in [1.82, 2.24) is 34.9 Å². The zero-order valence-electron chi connectivity index (χ0n) is 22.4. The summed E-state index contributed by atoms with van der Waals surface area (Å²) >= 11 is 6.51. The number of nitrogens with one attached hydrogen (secondary N) is 2. The van der Waals surface area contributed by atoms with Gasteiger partial charge in [0.05, 0.1) is 36.8 Å². The van der Waals surface area contributed by atoms with Crippen molar-refractivity contribution in [2.75, 3.05) is 55.5 Å². The fourth-order valence-electron chi connectivity index (χ4n) is 4.49. The molecule has 2 N–H and O–H groups in total. The lowest BCUT2D eigenvalue weighted by molar-refractivity contribution is 0.351. The molecule has 0 saturated carbocycles. The molecule has 4 heterocycles. The van der Waals surface area contributed by atoms with Gasteiger partial charge in [-0.3, -0.25) is 0 Å². The summed E-state index contributed by atoms with van der Waals surface area (Å²) < 4.78 is 16.9. The number of rotatable bonds is 9. The molecule has 1 saturated heterocycles. The number of benzene rings is 2. The van der Waals surface area contributed by atoms with E-state index in [4.69, 9.17) is 35.8 Å². The van der Waals surface area contributed by atoms with Gasteiger partial charge < -0.3 is 34.3 Å². The number of nitrogens with zero attached hydrogens (tertiary/aromatic N) is 8. The fraction of sp³-hybridized carbons (Fsp3) is 0.259. The molecule has 5 aromatic rings. The normalized spacial score (nSPS) is 13.3. The number of aromatic nitrogens is 7. The van der Waals surface area contributed by atoms with Crippen LogP contribution in [0.2, 0.25) is 5.02 Å². The van der Waals surface area contributed by atoms with Crippen LogP contribution in [0.15, 0.2) is 55.1 Å². The molecule has 0 atom stereocenters. The molecule has 13 nitrogen and oxygen atoms in total. The molecule has 210 valence electrons. The predicted octanol–water partition coefficient (Wildman–Crippen LogP) is 3.94. The molecule has 0 radical (unpaired) electrons. The van der Waals surface area contributed by atoms with Crippen molar-refractivity contribution < 1.29 is 14.2 Å². The Morgan fingerprint density at radius 1 is 0.854 bits per heavy atom. The van der Waals surface area contributed by atoms with Crippen LogP contribution < -0.4 is 29.3 Å². The Hall–Kier alpha value is -4.91. The summed E-state index contributed by atoms with van der Waals surface area (Å²) in [6.07, 6.45) is 3.00. The minimum Gasteiger partial charge on any atom is -0.493 e. The van der Waals surface area contributed by atoms with E-state index in [0.717, 1.165) is 16.9 Å². The first-order valence-electron chi connectivity index (χ1n) is 12.9. The first-order chi connectivity index (χ1) is 20.1. The maximum atomic E-state index is 6.51. The molecule has 0 bridgehead atoms. The average Bonchev–Trinajstić information content (AvgIpc) is 3.44. The van der Waals surface area contributed by atoms with E-state index in [2.05, 4.69) is 40.0 Å². The number of piperazine rings is 1.